The molecule has 3 N–H and O–H groups in total. The molecule has 0 bridgehead atoms. The number of hydrogen-bond acceptors (Lipinski definition) is 11. The van der Waals surface area contributed by atoms with Crippen molar-refractivity contribution in [2.75, 3.05) is 86.7 Å². The molecule has 6 heterocycles. The molecule has 9 rings (SSSR count). The predicted octanol–water partition coefficient (Wildman–Crippen LogP) is 6.82. The number of halogens is 1. The lowest BCUT2D eigenvalue weighted by molar-refractivity contribution is -0.136. The second-order valence-corrected chi connectivity index (χ2v) is 20.1. The van der Waals surface area contributed by atoms with Crippen LogP contribution in [-0.2, 0) is 16.1 Å². The number of amides is 3. The Hall–Kier alpha value is -4.97. The normalized spacial score (nSPS) is 20.5. The highest BCUT2D eigenvalue weighted by Crippen LogP contribution is 2.39. The summed E-state index contributed by atoms with van der Waals surface area (Å²) in [7, 11) is 1.39. The Kier molecular flexibility index (Phi) is 12.1. The Morgan fingerprint density at radius 2 is 1.57 bits per heavy atom. The molecular weight excluding hydrogens is 809 g/mol. The first-order valence-corrected chi connectivity index (χ1v) is 24.2. The molecular formula is C46H55ClN9O4P. The number of piperidine rings is 3. The summed E-state index contributed by atoms with van der Waals surface area (Å²) in [6, 6.07) is 20.1. The van der Waals surface area contributed by atoms with Crippen LogP contribution in [0.2, 0.25) is 5.02 Å². The summed E-state index contributed by atoms with van der Waals surface area (Å²) < 4.78 is 5.86. The molecule has 1 unspecified atom stereocenters. The molecule has 0 spiro atoms. The van der Waals surface area contributed by atoms with E-state index in [1.807, 2.05) is 24.3 Å². The van der Waals surface area contributed by atoms with Crippen LogP contribution in [0, 0.1) is 17.8 Å². The second-order valence-electron chi connectivity index (χ2n) is 17.4. The highest BCUT2D eigenvalue weighted by molar-refractivity contribution is 7.64. The minimum absolute atomic E-state index is 0.120. The number of carbonyl (C=O) groups excluding carboxylic acids is 3. The molecule has 0 saturated carbocycles. The van der Waals surface area contributed by atoms with Crippen LogP contribution >= 0.6 is 19.5 Å². The van der Waals surface area contributed by atoms with E-state index in [2.05, 4.69) is 85.4 Å². The SMILES string of the molecule is COc1cc(N2CCC(C3CCN(CC4CN(c5ccc6c(c5)CN(C5CCC(=O)NC5=O)C6=O)C4)CC3)CC2)ccc1Nc1ncc(Cl)c(Nc2ccccc2P(C)C)n1. The monoisotopic (exact) mass is 863 g/mol. The van der Waals surface area contributed by atoms with Crippen LogP contribution < -0.4 is 35.8 Å². The van der Waals surface area contributed by atoms with E-state index in [1.165, 1.54) is 49.8 Å². The fraction of sp³-hybridized carbons (Fsp3) is 0.457. The molecule has 320 valence electrons. The Morgan fingerprint density at radius 3 is 2.31 bits per heavy atom. The van der Waals surface area contributed by atoms with Gasteiger partial charge in [0.2, 0.25) is 17.8 Å². The molecule has 4 aromatic rings. The number of carbonyl (C=O) groups is 3. The van der Waals surface area contributed by atoms with Gasteiger partial charge in [0.25, 0.3) is 5.91 Å². The van der Waals surface area contributed by atoms with E-state index in [1.54, 1.807) is 18.2 Å². The molecule has 5 aliphatic heterocycles. The lowest BCUT2D eigenvalue weighted by Gasteiger charge is -2.45. The molecule has 4 saturated heterocycles. The average Bonchev–Trinajstić information content (AvgIpc) is 3.58. The Balaban J connectivity index is 0.721. The number of para-hydroxylation sites is 1. The van der Waals surface area contributed by atoms with Gasteiger partial charge in [-0.05, 0) is 118 Å². The van der Waals surface area contributed by atoms with Gasteiger partial charge in [0.05, 0.1) is 19.0 Å². The number of rotatable bonds is 12. The first-order valence-electron chi connectivity index (χ1n) is 21.6. The van der Waals surface area contributed by atoms with Gasteiger partial charge >= 0.3 is 0 Å². The smallest absolute Gasteiger partial charge is 0.255 e. The number of likely N-dealkylation sites (tertiary alicyclic amines) is 1. The van der Waals surface area contributed by atoms with Crippen molar-refractivity contribution in [2.45, 2.75) is 51.1 Å². The lowest BCUT2D eigenvalue weighted by atomic mass is 9.78. The summed E-state index contributed by atoms with van der Waals surface area (Å²) in [6.45, 7) is 12.5. The summed E-state index contributed by atoms with van der Waals surface area (Å²) in [5.41, 5.74) is 5.73. The summed E-state index contributed by atoms with van der Waals surface area (Å²) in [5, 5.41) is 10.9. The lowest BCUT2D eigenvalue weighted by Crippen LogP contribution is -2.53. The van der Waals surface area contributed by atoms with Crippen molar-refractivity contribution < 1.29 is 19.1 Å². The van der Waals surface area contributed by atoms with Gasteiger partial charge in [-0.15, -0.1) is 0 Å². The van der Waals surface area contributed by atoms with Crippen LogP contribution in [-0.4, -0.2) is 110 Å². The van der Waals surface area contributed by atoms with Crippen LogP contribution in [0.5, 0.6) is 5.75 Å². The topological polar surface area (TPSA) is 135 Å². The van der Waals surface area contributed by atoms with Crippen LogP contribution in [0.4, 0.5) is 34.5 Å². The summed E-state index contributed by atoms with van der Waals surface area (Å²) in [5.74, 6) is 3.15. The van der Waals surface area contributed by atoms with Crippen LogP contribution in [0.1, 0.15) is 54.4 Å². The number of anilines is 6. The predicted molar refractivity (Wildman–Crippen MR) is 244 cm³/mol. The fourth-order valence-corrected chi connectivity index (χ4v) is 11.1. The highest BCUT2D eigenvalue weighted by Gasteiger charge is 2.40. The number of hydrogen-bond donors (Lipinski definition) is 3. The molecule has 3 aromatic carbocycles. The van der Waals surface area contributed by atoms with E-state index in [0.717, 1.165) is 72.9 Å². The average molecular weight is 864 g/mol. The first-order chi connectivity index (χ1) is 29.6. The minimum atomic E-state index is -0.584. The third kappa shape index (κ3) is 8.88. The van der Waals surface area contributed by atoms with Crippen molar-refractivity contribution in [2.24, 2.45) is 17.8 Å². The molecule has 13 nitrogen and oxygen atoms in total. The third-order valence-electron chi connectivity index (χ3n) is 13.4. The van der Waals surface area contributed by atoms with E-state index in [-0.39, 0.29) is 32.1 Å². The molecule has 15 heteroatoms. The van der Waals surface area contributed by atoms with E-state index in [9.17, 15) is 14.4 Å². The van der Waals surface area contributed by atoms with Crippen molar-refractivity contribution >= 4 is 77.1 Å². The van der Waals surface area contributed by atoms with E-state index in [0.29, 0.717) is 41.2 Å². The van der Waals surface area contributed by atoms with Crippen LogP contribution in [0.25, 0.3) is 0 Å². The number of nitrogens with one attached hydrogen (secondary N) is 3. The minimum Gasteiger partial charge on any atom is -0.494 e. The Bertz CT molecular complexity index is 2290. The van der Waals surface area contributed by atoms with E-state index < -0.39 is 6.04 Å². The first kappa shape index (κ1) is 41.4. The Morgan fingerprint density at radius 1 is 0.852 bits per heavy atom. The molecule has 3 amide bonds. The molecule has 1 atom stereocenters. The van der Waals surface area contributed by atoms with Gasteiger partial charge in [-0.25, -0.2) is 4.98 Å². The number of imide groups is 1. The van der Waals surface area contributed by atoms with Crippen molar-refractivity contribution in [3.63, 3.8) is 0 Å². The number of fused-ring (bicyclic) bond motifs is 1. The molecule has 1 aromatic heterocycles. The van der Waals surface area contributed by atoms with Crippen LogP contribution in [0.3, 0.4) is 0 Å². The number of aromatic nitrogens is 2. The van der Waals surface area contributed by atoms with Crippen molar-refractivity contribution in [3.05, 3.63) is 83.0 Å². The maximum Gasteiger partial charge on any atom is 0.255 e. The summed E-state index contributed by atoms with van der Waals surface area (Å²) in [4.78, 5) is 55.6. The van der Waals surface area contributed by atoms with Gasteiger partial charge in [-0.2, -0.15) is 4.98 Å². The zero-order valence-corrected chi connectivity index (χ0v) is 36.9. The van der Waals surface area contributed by atoms with Gasteiger partial charge in [-0.1, -0.05) is 37.7 Å². The number of ether oxygens (including phenoxy) is 1. The molecule has 0 aliphatic carbocycles. The molecule has 4 fully saturated rings. The largest absolute Gasteiger partial charge is 0.494 e. The van der Waals surface area contributed by atoms with Crippen molar-refractivity contribution in [1.82, 2.24) is 25.1 Å². The summed E-state index contributed by atoms with van der Waals surface area (Å²) in [6.07, 6.45) is 7.21. The molecule has 5 aliphatic rings. The highest BCUT2D eigenvalue weighted by atomic mass is 35.5. The van der Waals surface area contributed by atoms with Crippen molar-refractivity contribution in [1.29, 1.82) is 0 Å². The third-order valence-corrected chi connectivity index (χ3v) is 15.0. The quantitative estimate of drug-likeness (QED) is 0.102. The number of nitrogens with zero attached hydrogens (tertiary/aromatic N) is 6. The second kappa shape index (κ2) is 17.8. The number of methoxy groups -OCH3 is 1. The van der Waals surface area contributed by atoms with Crippen molar-refractivity contribution in [3.8, 4) is 5.75 Å². The summed E-state index contributed by atoms with van der Waals surface area (Å²) >= 11 is 6.53. The van der Waals surface area contributed by atoms with Gasteiger partial charge < -0.3 is 35.0 Å². The van der Waals surface area contributed by atoms with Gasteiger partial charge in [0.15, 0.2) is 5.82 Å². The maximum atomic E-state index is 13.1. The molecule has 61 heavy (non-hydrogen) atoms. The van der Waals surface area contributed by atoms with Crippen LogP contribution in [0.15, 0.2) is 66.9 Å². The number of benzene rings is 3. The zero-order valence-electron chi connectivity index (χ0n) is 35.2. The van der Waals surface area contributed by atoms with E-state index in [4.69, 9.17) is 21.3 Å². The van der Waals surface area contributed by atoms with Gasteiger partial charge in [0, 0.05) is 80.3 Å². The standard InChI is InChI=1S/C46H55ClN9O4P/c1-60-40-23-34(9-11-37(40)50-46-48-24-36(47)43(52-46)49-38-6-4-5-7-41(38)61(2)3)54-20-16-31(17-21-54)30-14-18-53(19-15-30)25-29-26-55(27-29)33-8-10-35-32(22-33)28-56(45(35)59)39-12-13-42(57)51-44(39)58/h4-11,22-24,29-31,39H,12-21,25-28H2,1-3H3,(H,51,57,58)(H2,48,49,50,52). The Labute approximate surface area is 364 Å². The van der Waals surface area contributed by atoms with Gasteiger partial charge in [-0.3, -0.25) is 19.7 Å². The van der Waals surface area contributed by atoms with E-state index >= 15 is 0 Å². The fourth-order valence-electron chi connectivity index (χ4n) is 9.97. The zero-order chi connectivity index (χ0) is 42.2. The van der Waals surface area contributed by atoms with Gasteiger partial charge in [0.1, 0.15) is 16.8 Å². The molecule has 0 radical (unpaired) electrons. The maximum absolute atomic E-state index is 13.1.